The third kappa shape index (κ3) is 9.56. The fraction of sp³-hybridized carbons (Fsp3) is 1.00. The second kappa shape index (κ2) is 17.7. The fourth-order valence-electron chi connectivity index (χ4n) is 4.30. The van der Waals surface area contributed by atoms with Crippen LogP contribution in [0.2, 0.25) is 0 Å². The molecule has 0 aliphatic carbocycles. The van der Waals surface area contributed by atoms with Gasteiger partial charge in [0.25, 0.3) is 0 Å². The van der Waals surface area contributed by atoms with Gasteiger partial charge < -0.3 is 18.9 Å². The van der Waals surface area contributed by atoms with Crippen molar-refractivity contribution >= 4 is 0 Å². The van der Waals surface area contributed by atoms with E-state index in [2.05, 4.69) is 13.8 Å². The first-order chi connectivity index (χ1) is 13.6. The molecule has 0 heterocycles. The molecule has 4 heteroatoms. The molecular weight excluding hydrogens is 352 g/mol. The Morgan fingerprint density at radius 1 is 0.429 bits per heavy atom. The van der Waals surface area contributed by atoms with Gasteiger partial charge in [-0.25, -0.2) is 0 Å². The van der Waals surface area contributed by atoms with E-state index in [0.29, 0.717) is 0 Å². The average molecular weight is 403 g/mol. The van der Waals surface area contributed by atoms with E-state index in [1.807, 2.05) is 0 Å². The van der Waals surface area contributed by atoms with Crippen molar-refractivity contribution in [1.82, 2.24) is 0 Å². The smallest absolute Gasteiger partial charge is 0.313 e. The maximum atomic E-state index is 6.09. The van der Waals surface area contributed by atoms with Crippen molar-refractivity contribution in [3.63, 3.8) is 0 Å². The first-order valence-corrected chi connectivity index (χ1v) is 11.8. The van der Waals surface area contributed by atoms with E-state index >= 15 is 0 Å². The Balaban J connectivity index is 4.69. The second-order valence-electron chi connectivity index (χ2n) is 8.11. The molecule has 1 atom stereocenters. The monoisotopic (exact) mass is 402 g/mol. The minimum absolute atomic E-state index is 0.571. The molecule has 170 valence electrons. The van der Waals surface area contributed by atoms with E-state index in [1.165, 1.54) is 77.0 Å². The van der Waals surface area contributed by atoms with Gasteiger partial charge in [0.1, 0.15) is 5.60 Å². The van der Waals surface area contributed by atoms with Gasteiger partial charge in [0.2, 0.25) is 0 Å². The predicted molar refractivity (Wildman–Crippen MR) is 119 cm³/mol. The first kappa shape index (κ1) is 27.8. The van der Waals surface area contributed by atoms with Crippen LogP contribution in [-0.2, 0) is 18.9 Å². The van der Waals surface area contributed by atoms with Gasteiger partial charge in [-0.1, -0.05) is 104 Å². The normalized spacial score (nSPS) is 14.4. The SMILES string of the molecule is CCCCCCCCCCC(CCCCCCCC)(OC)C(OC)(OC)OC. The van der Waals surface area contributed by atoms with Crippen LogP contribution in [0.3, 0.4) is 0 Å². The Labute approximate surface area is 176 Å². The van der Waals surface area contributed by atoms with Gasteiger partial charge in [-0.15, -0.1) is 0 Å². The number of hydrogen-bond donors (Lipinski definition) is 0. The van der Waals surface area contributed by atoms with Crippen LogP contribution >= 0.6 is 0 Å². The van der Waals surface area contributed by atoms with Gasteiger partial charge >= 0.3 is 5.97 Å². The van der Waals surface area contributed by atoms with Gasteiger partial charge in [0.15, 0.2) is 0 Å². The highest BCUT2D eigenvalue weighted by Gasteiger charge is 2.53. The third-order valence-electron chi connectivity index (χ3n) is 6.12. The van der Waals surface area contributed by atoms with E-state index < -0.39 is 11.6 Å². The van der Waals surface area contributed by atoms with Gasteiger partial charge in [-0.2, -0.15) is 0 Å². The summed E-state index contributed by atoms with van der Waals surface area (Å²) in [5.41, 5.74) is -0.571. The Kier molecular flexibility index (Phi) is 17.6. The van der Waals surface area contributed by atoms with Crippen LogP contribution in [0.1, 0.15) is 117 Å². The summed E-state index contributed by atoms with van der Waals surface area (Å²) in [5, 5.41) is 0. The minimum atomic E-state index is -1.15. The fourth-order valence-corrected chi connectivity index (χ4v) is 4.30. The molecule has 4 nitrogen and oxygen atoms in total. The van der Waals surface area contributed by atoms with Crippen molar-refractivity contribution < 1.29 is 18.9 Å². The van der Waals surface area contributed by atoms with E-state index in [1.54, 1.807) is 28.4 Å². The van der Waals surface area contributed by atoms with E-state index in [9.17, 15) is 0 Å². The molecule has 0 aliphatic rings. The van der Waals surface area contributed by atoms with Crippen LogP contribution in [0, 0.1) is 0 Å². The molecule has 0 aromatic rings. The van der Waals surface area contributed by atoms with Crippen molar-refractivity contribution in [1.29, 1.82) is 0 Å². The largest absolute Gasteiger partial charge is 0.370 e. The maximum absolute atomic E-state index is 6.09. The summed E-state index contributed by atoms with van der Waals surface area (Å²) in [6, 6.07) is 0. The summed E-state index contributed by atoms with van der Waals surface area (Å²) in [4.78, 5) is 0. The standard InChI is InChI=1S/C24H50O4/c1-7-9-11-13-15-16-18-20-22-23(25-3,24(26-4,27-5)28-6)21-19-17-14-12-10-8-2/h7-22H2,1-6H3. The zero-order chi connectivity index (χ0) is 21.1. The highest BCUT2D eigenvalue weighted by atomic mass is 16.9. The number of unbranched alkanes of at least 4 members (excludes halogenated alkanes) is 12. The van der Waals surface area contributed by atoms with Crippen LogP contribution in [0.4, 0.5) is 0 Å². The number of rotatable bonds is 21. The lowest BCUT2D eigenvalue weighted by molar-refractivity contribution is -0.425. The molecule has 0 aromatic heterocycles. The quantitative estimate of drug-likeness (QED) is 0.150. The number of ether oxygens (including phenoxy) is 4. The molecule has 1 unspecified atom stereocenters. The predicted octanol–water partition coefficient (Wildman–Crippen LogP) is 7.25. The molecule has 0 saturated carbocycles. The van der Waals surface area contributed by atoms with Gasteiger partial charge in [0, 0.05) is 28.4 Å². The zero-order valence-electron chi connectivity index (χ0n) is 19.9. The summed E-state index contributed by atoms with van der Waals surface area (Å²) in [7, 11) is 6.72. The number of methoxy groups -OCH3 is 4. The number of hydrogen-bond acceptors (Lipinski definition) is 4. The van der Waals surface area contributed by atoms with E-state index in [0.717, 1.165) is 25.7 Å². The molecule has 0 radical (unpaired) electrons. The van der Waals surface area contributed by atoms with Crippen molar-refractivity contribution in [2.75, 3.05) is 28.4 Å². The molecule has 0 fully saturated rings. The van der Waals surface area contributed by atoms with Crippen LogP contribution in [0.5, 0.6) is 0 Å². The molecule has 0 aliphatic heterocycles. The van der Waals surface area contributed by atoms with Gasteiger partial charge in [0.05, 0.1) is 0 Å². The summed E-state index contributed by atoms with van der Waals surface area (Å²) in [6.07, 6.45) is 19.7. The van der Waals surface area contributed by atoms with Gasteiger partial charge in [-0.3, -0.25) is 0 Å². The van der Waals surface area contributed by atoms with Crippen LogP contribution in [0.15, 0.2) is 0 Å². The molecule has 0 rings (SSSR count). The maximum Gasteiger partial charge on any atom is 0.313 e. The van der Waals surface area contributed by atoms with E-state index in [-0.39, 0.29) is 0 Å². The lowest BCUT2D eigenvalue weighted by Gasteiger charge is -2.46. The summed E-state index contributed by atoms with van der Waals surface area (Å²) < 4.78 is 23.3. The van der Waals surface area contributed by atoms with Crippen molar-refractivity contribution in [3.8, 4) is 0 Å². The topological polar surface area (TPSA) is 36.9 Å². The molecule has 0 saturated heterocycles. The molecule has 0 N–H and O–H groups in total. The van der Waals surface area contributed by atoms with Crippen LogP contribution in [0.25, 0.3) is 0 Å². The Hall–Kier alpha value is -0.160. The van der Waals surface area contributed by atoms with Gasteiger partial charge in [-0.05, 0) is 12.8 Å². The van der Waals surface area contributed by atoms with E-state index in [4.69, 9.17) is 18.9 Å². The third-order valence-corrected chi connectivity index (χ3v) is 6.12. The van der Waals surface area contributed by atoms with Crippen LogP contribution < -0.4 is 0 Å². The van der Waals surface area contributed by atoms with Crippen molar-refractivity contribution in [3.05, 3.63) is 0 Å². The lowest BCUT2D eigenvalue weighted by Crippen LogP contribution is -2.59. The summed E-state index contributed by atoms with van der Waals surface area (Å²) >= 11 is 0. The highest BCUT2D eigenvalue weighted by molar-refractivity contribution is 4.90. The molecule has 0 spiro atoms. The van der Waals surface area contributed by atoms with Crippen molar-refractivity contribution in [2.45, 2.75) is 128 Å². The Morgan fingerprint density at radius 3 is 1.04 bits per heavy atom. The Morgan fingerprint density at radius 2 is 0.750 bits per heavy atom. The second-order valence-corrected chi connectivity index (χ2v) is 8.11. The molecular formula is C24H50O4. The lowest BCUT2D eigenvalue weighted by atomic mass is 9.86. The minimum Gasteiger partial charge on any atom is -0.370 e. The zero-order valence-corrected chi connectivity index (χ0v) is 19.9. The summed E-state index contributed by atoms with van der Waals surface area (Å²) in [6.45, 7) is 4.52. The Bertz CT molecular complexity index is 322. The molecule has 0 bridgehead atoms. The average Bonchev–Trinajstić information content (AvgIpc) is 2.73. The van der Waals surface area contributed by atoms with Crippen molar-refractivity contribution in [2.24, 2.45) is 0 Å². The highest BCUT2D eigenvalue weighted by Crippen LogP contribution is 2.40. The molecule has 28 heavy (non-hydrogen) atoms. The first-order valence-electron chi connectivity index (χ1n) is 11.8. The van der Waals surface area contributed by atoms with Crippen LogP contribution in [-0.4, -0.2) is 40.0 Å². The molecule has 0 amide bonds. The molecule has 0 aromatic carbocycles. The summed E-state index contributed by atoms with van der Waals surface area (Å²) in [5.74, 6) is -1.15.